The number of carbonyl (C=O) groups is 1. The number of rotatable bonds is 6. The van der Waals surface area contributed by atoms with Gasteiger partial charge in [0.2, 0.25) is 0 Å². The molecule has 0 heterocycles. The molecule has 0 radical (unpaired) electrons. The molecule has 1 aromatic rings. The Kier molecular flexibility index (Phi) is 5.33. The van der Waals surface area contributed by atoms with Crippen LogP contribution in [0.2, 0.25) is 0 Å². The lowest BCUT2D eigenvalue weighted by Crippen LogP contribution is -2.10. The number of para-hydroxylation sites is 1. The molecular formula is C13H17ClO2. The number of carbonyl (C=O) groups excluding carboxylic acids is 1. The SMILES string of the molecule is CC(C)Oc1ccccc1C(=O)CCCCl. The summed E-state index contributed by atoms with van der Waals surface area (Å²) in [5, 5.41) is 0. The van der Waals surface area contributed by atoms with Crippen molar-refractivity contribution in [1.82, 2.24) is 0 Å². The highest BCUT2D eigenvalue weighted by Crippen LogP contribution is 2.21. The predicted octanol–water partition coefficient (Wildman–Crippen LogP) is 3.68. The monoisotopic (exact) mass is 240 g/mol. The van der Waals surface area contributed by atoms with Crippen molar-refractivity contribution in [2.45, 2.75) is 32.8 Å². The fourth-order valence-corrected chi connectivity index (χ4v) is 1.55. The molecule has 0 fully saturated rings. The molecule has 1 rings (SSSR count). The van der Waals surface area contributed by atoms with Crippen LogP contribution in [0.4, 0.5) is 0 Å². The van der Waals surface area contributed by atoms with Gasteiger partial charge in [-0.05, 0) is 32.4 Å². The van der Waals surface area contributed by atoms with E-state index in [4.69, 9.17) is 16.3 Å². The van der Waals surface area contributed by atoms with Crippen LogP contribution in [0.3, 0.4) is 0 Å². The van der Waals surface area contributed by atoms with Gasteiger partial charge in [-0.15, -0.1) is 11.6 Å². The van der Waals surface area contributed by atoms with Gasteiger partial charge >= 0.3 is 0 Å². The average Bonchev–Trinajstić information content (AvgIpc) is 2.26. The minimum Gasteiger partial charge on any atom is -0.490 e. The van der Waals surface area contributed by atoms with E-state index >= 15 is 0 Å². The van der Waals surface area contributed by atoms with Gasteiger partial charge in [0.15, 0.2) is 5.78 Å². The van der Waals surface area contributed by atoms with Gasteiger partial charge in [0.25, 0.3) is 0 Å². The first-order chi connectivity index (χ1) is 7.65. The van der Waals surface area contributed by atoms with E-state index in [2.05, 4.69) is 0 Å². The normalized spacial score (nSPS) is 10.5. The van der Waals surface area contributed by atoms with Crippen LogP contribution in [0.25, 0.3) is 0 Å². The number of alkyl halides is 1. The third kappa shape index (κ3) is 3.86. The number of ketones is 1. The molecule has 88 valence electrons. The zero-order valence-corrected chi connectivity index (χ0v) is 10.5. The molecule has 0 atom stereocenters. The molecule has 16 heavy (non-hydrogen) atoms. The Balaban J connectivity index is 2.81. The van der Waals surface area contributed by atoms with Crippen LogP contribution in [0.5, 0.6) is 5.75 Å². The maximum Gasteiger partial charge on any atom is 0.166 e. The lowest BCUT2D eigenvalue weighted by Gasteiger charge is -2.13. The molecule has 0 saturated carbocycles. The van der Waals surface area contributed by atoms with Crippen molar-refractivity contribution >= 4 is 17.4 Å². The third-order valence-electron chi connectivity index (χ3n) is 2.09. The minimum absolute atomic E-state index is 0.0713. The summed E-state index contributed by atoms with van der Waals surface area (Å²) in [6, 6.07) is 7.35. The largest absolute Gasteiger partial charge is 0.490 e. The van der Waals surface area contributed by atoms with E-state index in [0.29, 0.717) is 30.0 Å². The van der Waals surface area contributed by atoms with Crippen molar-refractivity contribution in [2.75, 3.05) is 5.88 Å². The summed E-state index contributed by atoms with van der Waals surface area (Å²) in [7, 11) is 0. The van der Waals surface area contributed by atoms with Crippen LogP contribution in [0.15, 0.2) is 24.3 Å². The van der Waals surface area contributed by atoms with Gasteiger partial charge in [0.1, 0.15) is 5.75 Å². The van der Waals surface area contributed by atoms with Crippen LogP contribution < -0.4 is 4.74 Å². The number of hydrogen-bond acceptors (Lipinski definition) is 2. The van der Waals surface area contributed by atoms with E-state index in [1.165, 1.54) is 0 Å². The van der Waals surface area contributed by atoms with Gasteiger partial charge in [0, 0.05) is 12.3 Å². The average molecular weight is 241 g/mol. The van der Waals surface area contributed by atoms with Crippen molar-refractivity contribution in [2.24, 2.45) is 0 Å². The summed E-state index contributed by atoms with van der Waals surface area (Å²) in [4.78, 5) is 11.9. The zero-order chi connectivity index (χ0) is 12.0. The van der Waals surface area contributed by atoms with E-state index in [1.54, 1.807) is 6.07 Å². The van der Waals surface area contributed by atoms with Crippen molar-refractivity contribution < 1.29 is 9.53 Å². The summed E-state index contributed by atoms with van der Waals surface area (Å²) in [5.41, 5.74) is 0.654. The molecule has 0 unspecified atom stereocenters. The molecule has 0 aromatic heterocycles. The molecule has 0 amide bonds. The van der Waals surface area contributed by atoms with Crippen LogP contribution in [0.1, 0.15) is 37.0 Å². The molecule has 2 nitrogen and oxygen atoms in total. The Morgan fingerprint density at radius 3 is 2.69 bits per heavy atom. The predicted molar refractivity (Wildman–Crippen MR) is 66.5 cm³/mol. The molecule has 0 bridgehead atoms. The highest BCUT2D eigenvalue weighted by Gasteiger charge is 2.12. The maximum atomic E-state index is 11.9. The fraction of sp³-hybridized carbons (Fsp3) is 0.462. The van der Waals surface area contributed by atoms with Crippen molar-refractivity contribution in [3.63, 3.8) is 0 Å². The second-order valence-corrected chi connectivity index (χ2v) is 4.26. The van der Waals surface area contributed by atoms with Gasteiger partial charge in [-0.2, -0.15) is 0 Å². The second kappa shape index (κ2) is 6.54. The van der Waals surface area contributed by atoms with E-state index in [1.807, 2.05) is 32.0 Å². The summed E-state index contributed by atoms with van der Waals surface area (Å²) in [5.74, 6) is 1.27. The summed E-state index contributed by atoms with van der Waals surface area (Å²) < 4.78 is 5.59. The highest BCUT2D eigenvalue weighted by atomic mass is 35.5. The maximum absolute atomic E-state index is 11.9. The van der Waals surface area contributed by atoms with Gasteiger partial charge in [-0.25, -0.2) is 0 Å². The minimum atomic E-state index is 0.0713. The molecule has 0 saturated heterocycles. The fourth-order valence-electron chi connectivity index (χ4n) is 1.42. The highest BCUT2D eigenvalue weighted by molar-refractivity contribution is 6.18. The number of hydrogen-bond donors (Lipinski definition) is 0. The lowest BCUT2D eigenvalue weighted by atomic mass is 10.1. The molecule has 0 aliphatic heterocycles. The number of ether oxygens (including phenoxy) is 1. The number of halogens is 1. The lowest BCUT2D eigenvalue weighted by molar-refractivity contribution is 0.0976. The molecule has 0 N–H and O–H groups in total. The van der Waals surface area contributed by atoms with E-state index in [-0.39, 0.29) is 11.9 Å². The van der Waals surface area contributed by atoms with Crippen LogP contribution in [-0.4, -0.2) is 17.8 Å². The Labute approximate surface area is 102 Å². The first kappa shape index (κ1) is 13.0. The Morgan fingerprint density at radius 1 is 1.38 bits per heavy atom. The molecule has 1 aromatic carbocycles. The van der Waals surface area contributed by atoms with Crippen molar-refractivity contribution in [1.29, 1.82) is 0 Å². The summed E-state index contributed by atoms with van der Waals surface area (Å²) in [6.45, 7) is 3.89. The van der Waals surface area contributed by atoms with Crippen molar-refractivity contribution in [3.05, 3.63) is 29.8 Å². The Hall–Kier alpha value is -1.02. The van der Waals surface area contributed by atoms with Gasteiger partial charge in [-0.3, -0.25) is 4.79 Å². The first-order valence-electron chi connectivity index (χ1n) is 5.50. The van der Waals surface area contributed by atoms with Gasteiger partial charge in [-0.1, -0.05) is 12.1 Å². The molecule has 0 aliphatic rings. The zero-order valence-electron chi connectivity index (χ0n) is 9.70. The Morgan fingerprint density at radius 2 is 2.06 bits per heavy atom. The van der Waals surface area contributed by atoms with Crippen LogP contribution >= 0.6 is 11.6 Å². The van der Waals surface area contributed by atoms with Crippen LogP contribution in [-0.2, 0) is 0 Å². The van der Waals surface area contributed by atoms with E-state index in [9.17, 15) is 4.79 Å². The molecule has 3 heteroatoms. The number of benzene rings is 1. The third-order valence-corrected chi connectivity index (χ3v) is 2.35. The second-order valence-electron chi connectivity index (χ2n) is 3.88. The van der Waals surface area contributed by atoms with Crippen molar-refractivity contribution in [3.8, 4) is 5.75 Å². The Bertz CT molecular complexity index is 348. The van der Waals surface area contributed by atoms with Gasteiger partial charge in [0.05, 0.1) is 11.7 Å². The molecule has 0 spiro atoms. The number of Topliss-reactive ketones (excluding diaryl/α,β-unsaturated/α-hetero) is 1. The standard InChI is InChI=1S/C13H17ClO2/c1-10(2)16-13-8-4-3-6-11(13)12(15)7-5-9-14/h3-4,6,8,10H,5,7,9H2,1-2H3. The van der Waals surface area contributed by atoms with Crippen LogP contribution in [0, 0.1) is 0 Å². The topological polar surface area (TPSA) is 26.3 Å². The van der Waals surface area contributed by atoms with E-state index < -0.39 is 0 Å². The van der Waals surface area contributed by atoms with E-state index in [0.717, 1.165) is 0 Å². The summed E-state index contributed by atoms with van der Waals surface area (Å²) >= 11 is 5.57. The first-order valence-corrected chi connectivity index (χ1v) is 6.03. The molecular weight excluding hydrogens is 224 g/mol. The van der Waals surface area contributed by atoms with Gasteiger partial charge < -0.3 is 4.74 Å². The molecule has 0 aliphatic carbocycles. The summed E-state index contributed by atoms with van der Waals surface area (Å²) in [6.07, 6.45) is 1.25. The smallest absolute Gasteiger partial charge is 0.166 e. The quantitative estimate of drug-likeness (QED) is 0.560.